The van der Waals surface area contributed by atoms with Crippen LogP contribution in [0.25, 0.3) is 11.1 Å². The first-order chi connectivity index (χ1) is 14.3. The molecule has 0 radical (unpaired) electrons. The van der Waals surface area contributed by atoms with Gasteiger partial charge in [-0.15, -0.1) is 0 Å². The summed E-state index contributed by atoms with van der Waals surface area (Å²) in [5.41, 5.74) is 1.53. The van der Waals surface area contributed by atoms with Crippen molar-refractivity contribution in [2.45, 2.75) is 19.8 Å². The molecule has 4 rings (SSSR count). The van der Waals surface area contributed by atoms with Gasteiger partial charge in [-0.25, -0.2) is 9.37 Å². The maximum atomic E-state index is 14.0. The third-order valence-corrected chi connectivity index (χ3v) is 5.40. The lowest BCUT2D eigenvalue weighted by molar-refractivity contribution is 0.0532. The van der Waals surface area contributed by atoms with Crippen LogP contribution >= 0.6 is 11.6 Å². The van der Waals surface area contributed by atoms with Gasteiger partial charge < -0.3 is 14.3 Å². The van der Waals surface area contributed by atoms with E-state index in [4.69, 9.17) is 16.1 Å². The van der Waals surface area contributed by atoms with Crippen LogP contribution in [-0.2, 0) is 0 Å². The number of hydrogen-bond donors (Lipinski definition) is 0. The number of halogens is 2. The zero-order valence-electron chi connectivity index (χ0n) is 16.6. The van der Waals surface area contributed by atoms with Crippen molar-refractivity contribution in [1.82, 2.24) is 19.9 Å². The number of piperazine rings is 1. The molecule has 1 saturated heterocycles. The summed E-state index contributed by atoms with van der Waals surface area (Å²) in [6.07, 6.45) is 1.47. The molecule has 1 aliphatic heterocycles. The van der Waals surface area contributed by atoms with Crippen LogP contribution in [-0.4, -0.2) is 57.9 Å². The van der Waals surface area contributed by atoms with Gasteiger partial charge in [0, 0.05) is 37.4 Å². The van der Waals surface area contributed by atoms with Crippen molar-refractivity contribution in [3.8, 4) is 0 Å². The van der Waals surface area contributed by atoms with Crippen molar-refractivity contribution in [1.29, 1.82) is 0 Å². The van der Waals surface area contributed by atoms with Crippen LogP contribution in [0.1, 0.15) is 46.2 Å². The zero-order valence-corrected chi connectivity index (χ0v) is 17.3. The van der Waals surface area contributed by atoms with Crippen LogP contribution in [0, 0.1) is 5.82 Å². The van der Waals surface area contributed by atoms with E-state index < -0.39 is 11.7 Å². The molecule has 1 fully saturated rings. The molecule has 156 valence electrons. The maximum absolute atomic E-state index is 14.0. The maximum Gasteiger partial charge on any atom is 0.257 e. The molecule has 3 heterocycles. The molecular formula is C21H20ClFN4O3. The average molecular weight is 431 g/mol. The number of carbonyl (C=O) groups is 2. The normalized spacial score (nSPS) is 14.6. The third kappa shape index (κ3) is 3.75. The standard InChI is InChI=1S/C21H20ClFN4O3/c1-12(2)18-16-9-13(11-24-19(16)30-25-18)20(28)26-5-7-27(8-6-26)21(29)15-10-14(22)3-4-17(15)23/h3-4,9-12H,5-8H2,1-2H3. The number of nitrogens with zero attached hydrogens (tertiary/aromatic N) is 4. The van der Waals surface area contributed by atoms with Gasteiger partial charge >= 0.3 is 0 Å². The van der Waals surface area contributed by atoms with Crippen LogP contribution in [0.5, 0.6) is 0 Å². The molecule has 0 aliphatic carbocycles. The van der Waals surface area contributed by atoms with Gasteiger partial charge in [0.05, 0.1) is 22.2 Å². The summed E-state index contributed by atoms with van der Waals surface area (Å²) < 4.78 is 19.2. The van der Waals surface area contributed by atoms with E-state index in [0.717, 1.165) is 11.1 Å². The van der Waals surface area contributed by atoms with Gasteiger partial charge in [0.2, 0.25) is 0 Å². The second-order valence-corrected chi connectivity index (χ2v) is 7.94. The van der Waals surface area contributed by atoms with Gasteiger partial charge in [0.1, 0.15) is 5.82 Å². The van der Waals surface area contributed by atoms with Crippen LogP contribution in [0.4, 0.5) is 4.39 Å². The van der Waals surface area contributed by atoms with Gasteiger partial charge in [0.25, 0.3) is 17.5 Å². The van der Waals surface area contributed by atoms with E-state index in [-0.39, 0.29) is 17.4 Å². The highest BCUT2D eigenvalue weighted by Crippen LogP contribution is 2.25. The number of amides is 2. The summed E-state index contributed by atoms with van der Waals surface area (Å²) in [5, 5.41) is 5.05. The Morgan fingerprint density at radius 3 is 2.43 bits per heavy atom. The SMILES string of the molecule is CC(C)c1noc2ncc(C(=O)N3CCN(C(=O)c4cc(Cl)ccc4F)CC3)cc12. The molecule has 0 bridgehead atoms. The van der Waals surface area contributed by atoms with Crippen molar-refractivity contribution in [3.63, 3.8) is 0 Å². The van der Waals surface area contributed by atoms with Gasteiger partial charge in [0.15, 0.2) is 0 Å². The van der Waals surface area contributed by atoms with Crippen molar-refractivity contribution < 1.29 is 18.5 Å². The highest BCUT2D eigenvalue weighted by atomic mass is 35.5. The Labute approximate surface area is 177 Å². The quantitative estimate of drug-likeness (QED) is 0.632. The van der Waals surface area contributed by atoms with Crippen LogP contribution in [0.15, 0.2) is 35.0 Å². The first-order valence-corrected chi connectivity index (χ1v) is 10.0. The lowest BCUT2D eigenvalue weighted by Gasteiger charge is -2.34. The van der Waals surface area contributed by atoms with Crippen LogP contribution in [0.3, 0.4) is 0 Å². The fourth-order valence-electron chi connectivity index (χ4n) is 3.51. The first kappa shape index (κ1) is 20.3. The number of fused-ring (bicyclic) bond motifs is 1. The average Bonchev–Trinajstić information content (AvgIpc) is 3.18. The Morgan fingerprint density at radius 2 is 1.77 bits per heavy atom. The van der Waals surface area contributed by atoms with Crippen LogP contribution in [0.2, 0.25) is 5.02 Å². The topological polar surface area (TPSA) is 79.5 Å². The molecule has 0 atom stereocenters. The minimum atomic E-state index is -0.614. The molecule has 0 N–H and O–H groups in total. The molecule has 0 spiro atoms. The fraction of sp³-hybridized carbons (Fsp3) is 0.333. The summed E-state index contributed by atoms with van der Waals surface area (Å²) >= 11 is 5.89. The van der Waals surface area contributed by atoms with Gasteiger partial charge in [-0.1, -0.05) is 30.6 Å². The van der Waals surface area contributed by atoms with E-state index in [9.17, 15) is 14.0 Å². The predicted molar refractivity (Wildman–Crippen MR) is 109 cm³/mol. The van der Waals surface area contributed by atoms with E-state index in [2.05, 4.69) is 10.1 Å². The van der Waals surface area contributed by atoms with Crippen LogP contribution < -0.4 is 0 Å². The summed E-state index contributed by atoms with van der Waals surface area (Å²) in [5.74, 6) is -1.09. The van der Waals surface area contributed by atoms with Crippen molar-refractivity contribution >= 4 is 34.5 Å². The zero-order chi connectivity index (χ0) is 21.4. The summed E-state index contributed by atoms with van der Waals surface area (Å²) in [7, 11) is 0. The minimum absolute atomic E-state index is 0.0643. The van der Waals surface area contributed by atoms with E-state index in [1.165, 1.54) is 29.3 Å². The second-order valence-electron chi connectivity index (χ2n) is 7.51. The Hall–Kier alpha value is -3.00. The summed E-state index contributed by atoms with van der Waals surface area (Å²) in [6.45, 7) is 5.26. The van der Waals surface area contributed by atoms with Crippen molar-refractivity contribution in [2.24, 2.45) is 0 Å². The molecule has 7 nitrogen and oxygen atoms in total. The molecule has 1 aliphatic rings. The van der Waals surface area contributed by atoms with Crippen molar-refractivity contribution in [2.75, 3.05) is 26.2 Å². The lowest BCUT2D eigenvalue weighted by Crippen LogP contribution is -2.50. The highest BCUT2D eigenvalue weighted by Gasteiger charge is 2.27. The molecule has 1 aromatic carbocycles. The molecule has 9 heteroatoms. The molecule has 0 saturated carbocycles. The lowest BCUT2D eigenvalue weighted by atomic mass is 10.1. The number of pyridine rings is 1. The number of hydrogen-bond acceptors (Lipinski definition) is 5. The Kier molecular flexibility index (Phi) is 5.42. The number of benzene rings is 1. The van der Waals surface area contributed by atoms with E-state index in [0.29, 0.717) is 42.5 Å². The third-order valence-electron chi connectivity index (χ3n) is 5.16. The Balaban J connectivity index is 1.47. The fourth-order valence-corrected chi connectivity index (χ4v) is 3.68. The highest BCUT2D eigenvalue weighted by molar-refractivity contribution is 6.31. The van der Waals surface area contributed by atoms with E-state index >= 15 is 0 Å². The summed E-state index contributed by atoms with van der Waals surface area (Å²) in [4.78, 5) is 33.0. The molecular weight excluding hydrogens is 411 g/mol. The number of aromatic nitrogens is 2. The van der Waals surface area contributed by atoms with E-state index in [1.54, 1.807) is 11.0 Å². The molecule has 30 heavy (non-hydrogen) atoms. The predicted octanol–water partition coefficient (Wildman–Crippen LogP) is 3.74. The molecule has 0 unspecified atom stereocenters. The molecule has 2 aromatic heterocycles. The Morgan fingerprint density at radius 1 is 1.10 bits per heavy atom. The minimum Gasteiger partial charge on any atom is -0.336 e. The van der Waals surface area contributed by atoms with Gasteiger partial charge in [-0.2, -0.15) is 0 Å². The number of carbonyl (C=O) groups excluding carboxylic acids is 2. The van der Waals surface area contributed by atoms with Gasteiger partial charge in [-0.3, -0.25) is 9.59 Å². The smallest absolute Gasteiger partial charge is 0.257 e. The summed E-state index contributed by atoms with van der Waals surface area (Å²) in [6, 6.07) is 5.64. The van der Waals surface area contributed by atoms with Gasteiger partial charge in [-0.05, 0) is 30.2 Å². The second kappa shape index (κ2) is 8.02. The number of rotatable bonds is 3. The van der Waals surface area contributed by atoms with E-state index in [1.807, 2.05) is 13.8 Å². The Bertz CT molecular complexity index is 1120. The molecule has 3 aromatic rings. The largest absolute Gasteiger partial charge is 0.336 e. The first-order valence-electron chi connectivity index (χ1n) is 9.64. The monoisotopic (exact) mass is 430 g/mol. The molecule has 2 amide bonds. The van der Waals surface area contributed by atoms with Crippen molar-refractivity contribution in [3.05, 3.63) is 58.1 Å².